The van der Waals surface area contributed by atoms with Gasteiger partial charge in [0.2, 0.25) is 0 Å². The van der Waals surface area contributed by atoms with Gasteiger partial charge < -0.3 is 5.32 Å². The number of hydrogen-bond donors (Lipinski definition) is 1. The fourth-order valence-electron chi connectivity index (χ4n) is 1.37. The Kier molecular flexibility index (Phi) is 5.16. The van der Waals surface area contributed by atoms with Gasteiger partial charge in [0.25, 0.3) is 5.91 Å². The third kappa shape index (κ3) is 5.51. The number of sulfone groups is 1. The maximum absolute atomic E-state index is 11.8. The van der Waals surface area contributed by atoms with Crippen molar-refractivity contribution >= 4 is 27.3 Å². The second-order valence-electron chi connectivity index (χ2n) is 4.30. The highest BCUT2D eigenvalue weighted by atomic mass is 35.5. The quantitative estimate of drug-likeness (QED) is 0.900. The fraction of sp³-hybridized carbons (Fsp3) is 0.417. The summed E-state index contributed by atoms with van der Waals surface area (Å²) >= 11 is 5.72. The predicted octanol–water partition coefficient (Wildman–Crippen LogP) is 1.89. The summed E-state index contributed by atoms with van der Waals surface area (Å²) in [7, 11) is -2.99. The Morgan fingerprint density at radius 1 is 1.33 bits per heavy atom. The molecule has 0 radical (unpaired) electrons. The van der Waals surface area contributed by atoms with Crippen molar-refractivity contribution in [3.05, 3.63) is 34.9 Å². The van der Waals surface area contributed by atoms with E-state index in [2.05, 4.69) is 5.32 Å². The van der Waals surface area contributed by atoms with E-state index in [9.17, 15) is 13.2 Å². The van der Waals surface area contributed by atoms with Gasteiger partial charge in [-0.25, -0.2) is 8.42 Å². The summed E-state index contributed by atoms with van der Waals surface area (Å²) in [5, 5.41) is 3.31. The Morgan fingerprint density at radius 2 is 1.89 bits per heavy atom. The van der Waals surface area contributed by atoms with Gasteiger partial charge in [0.1, 0.15) is 9.84 Å². The van der Waals surface area contributed by atoms with E-state index in [0.29, 0.717) is 17.0 Å². The van der Waals surface area contributed by atoms with Crippen LogP contribution in [0.5, 0.6) is 0 Å². The molecule has 6 heteroatoms. The number of hydrogen-bond acceptors (Lipinski definition) is 3. The molecule has 0 bridgehead atoms. The van der Waals surface area contributed by atoms with E-state index >= 15 is 0 Å². The Morgan fingerprint density at radius 3 is 2.39 bits per heavy atom. The van der Waals surface area contributed by atoms with Gasteiger partial charge in [0.15, 0.2) is 0 Å². The van der Waals surface area contributed by atoms with Crippen LogP contribution in [0.2, 0.25) is 5.02 Å². The van der Waals surface area contributed by atoms with Crippen molar-refractivity contribution in [2.75, 3.05) is 12.0 Å². The van der Waals surface area contributed by atoms with Gasteiger partial charge in [-0.05, 0) is 37.6 Å². The van der Waals surface area contributed by atoms with Crippen molar-refractivity contribution < 1.29 is 13.2 Å². The molecule has 0 aliphatic rings. The van der Waals surface area contributed by atoms with Crippen LogP contribution in [0.1, 0.15) is 23.7 Å². The minimum Gasteiger partial charge on any atom is -0.350 e. The molecule has 0 aliphatic heterocycles. The van der Waals surface area contributed by atoms with Gasteiger partial charge in [-0.3, -0.25) is 4.79 Å². The van der Waals surface area contributed by atoms with Crippen LogP contribution < -0.4 is 5.32 Å². The molecule has 0 spiro atoms. The molecule has 0 aliphatic carbocycles. The highest BCUT2D eigenvalue weighted by Crippen LogP contribution is 2.09. The first-order valence-corrected chi connectivity index (χ1v) is 7.96. The van der Waals surface area contributed by atoms with Crippen molar-refractivity contribution in [3.8, 4) is 0 Å². The normalized spacial score (nSPS) is 13.1. The molecule has 4 nitrogen and oxygen atoms in total. The monoisotopic (exact) mass is 289 g/mol. The summed E-state index contributed by atoms with van der Waals surface area (Å²) in [4.78, 5) is 11.8. The van der Waals surface area contributed by atoms with Crippen LogP contribution in [0.4, 0.5) is 0 Å². The fourth-order valence-corrected chi connectivity index (χ4v) is 2.28. The second-order valence-corrected chi connectivity index (χ2v) is 7.00. The molecule has 18 heavy (non-hydrogen) atoms. The van der Waals surface area contributed by atoms with Gasteiger partial charge in [0, 0.05) is 22.9 Å². The Hall–Kier alpha value is -1.07. The number of carbonyl (C=O) groups excluding carboxylic acids is 1. The number of amides is 1. The summed E-state index contributed by atoms with van der Waals surface area (Å²) in [6.07, 6.45) is 1.58. The summed E-state index contributed by atoms with van der Waals surface area (Å²) < 4.78 is 22.0. The Balaban J connectivity index is 2.52. The van der Waals surface area contributed by atoms with Crippen LogP contribution in [0.15, 0.2) is 24.3 Å². The number of benzene rings is 1. The van der Waals surface area contributed by atoms with Crippen molar-refractivity contribution in [1.82, 2.24) is 5.32 Å². The van der Waals surface area contributed by atoms with Crippen LogP contribution in [0, 0.1) is 0 Å². The summed E-state index contributed by atoms with van der Waals surface area (Å²) in [5.41, 5.74) is 0.505. The topological polar surface area (TPSA) is 63.2 Å². The average Bonchev–Trinajstić information content (AvgIpc) is 2.26. The number of nitrogens with one attached hydrogen (secondary N) is 1. The largest absolute Gasteiger partial charge is 0.350 e. The number of rotatable bonds is 5. The SMILES string of the molecule is C[C@@H](CCS(C)(=O)=O)NC(=O)c1ccc(Cl)cc1. The molecule has 0 fully saturated rings. The molecule has 1 rings (SSSR count). The zero-order valence-electron chi connectivity index (χ0n) is 10.3. The summed E-state index contributed by atoms with van der Waals surface area (Å²) in [5.74, 6) is -0.164. The molecule has 100 valence electrons. The molecule has 1 amide bonds. The predicted molar refractivity (Wildman–Crippen MR) is 72.7 cm³/mol. The van der Waals surface area contributed by atoms with Crippen LogP contribution in [0.25, 0.3) is 0 Å². The maximum Gasteiger partial charge on any atom is 0.251 e. The van der Waals surface area contributed by atoms with Gasteiger partial charge >= 0.3 is 0 Å². The van der Waals surface area contributed by atoms with Crippen molar-refractivity contribution in [1.29, 1.82) is 0 Å². The molecule has 1 aromatic carbocycles. The molecular weight excluding hydrogens is 274 g/mol. The van der Waals surface area contributed by atoms with Gasteiger partial charge in [-0.2, -0.15) is 0 Å². The van der Waals surface area contributed by atoms with Gasteiger partial charge in [-0.1, -0.05) is 11.6 Å². The first-order valence-electron chi connectivity index (χ1n) is 5.52. The van der Waals surface area contributed by atoms with Crippen molar-refractivity contribution in [3.63, 3.8) is 0 Å². The molecule has 0 saturated carbocycles. The lowest BCUT2D eigenvalue weighted by atomic mass is 10.2. The van der Waals surface area contributed by atoms with E-state index in [1.807, 2.05) is 0 Å². The lowest BCUT2D eigenvalue weighted by Crippen LogP contribution is -2.33. The Labute approximate surface area is 112 Å². The lowest BCUT2D eigenvalue weighted by molar-refractivity contribution is 0.0939. The van der Waals surface area contributed by atoms with E-state index in [-0.39, 0.29) is 17.7 Å². The van der Waals surface area contributed by atoms with Gasteiger partial charge in [0.05, 0.1) is 5.75 Å². The van der Waals surface area contributed by atoms with Crippen molar-refractivity contribution in [2.45, 2.75) is 19.4 Å². The van der Waals surface area contributed by atoms with E-state index in [1.165, 1.54) is 6.26 Å². The molecule has 1 N–H and O–H groups in total. The van der Waals surface area contributed by atoms with E-state index in [1.54, 1.807) is 31.2 Å². The summed E-state index contributed by atoms with van der Waals surface area (Å²) in [6, 6.07) is 6.33. The summed E-state index contributed by atoms with van der Waals surface area (Å²) in [6.45, 7) is 1.78. The van der Waals surface area contributed by atoms with E-state index in [0.717, 1.165) is 0 Å². The molecule has 0 unspecified atom stereocenters. The van der Waals surface area contributed by atoms with Crippen molar-refractivity contribution in [2.24, 2.45) is 0 Å². The van der Waals surface area contributed by atoms with Gasteiger partial charge in [-0.15, -0.1) is 0 Å². The standard InChI is InChI=1S/C12H16ClNO3S/c1-9(7-8-18(2,16)17)14-12(15)10-3-5-11(13)6-4-10/h3-6,9H,7-8H2,1-2H3,(H,14,15)/t9-/m0/s1. The molecule has 0 aromatic heterocycles. The smallest absolute Gasteiger partial charge is 0.251 e. The first-order chi connectivity index (χ1) is 8.28. The third-order valence-electron chi connectivity index (χ3n) is 2.41. The number of carbonyl (C=O) groups is 1. The van der Waals surface area contributed by atoms with Crippen LogP contribution in [-0.4, -0.2) is 32.4 Å². The molecule has 1 aromatic rings. The second kappa shape index (κ2) is 6.20. The average molecular weight is 290 g/mol. The zero-order chi connectivity index (χ0) is 13.8. The third-order valence-corrected chi connectivity index (χ3v) is 3.63. The zero-order valence-corrected chi connectivity index (χ0v) is 11.9. The highest BCUT2D eigenvalue weighted by molar-refractivity contribution is 7.90. The van der Waals surface area contributed by atoms with Crippen LogP contribution >= 0.6 is 11.6 Å². The van der Waals surface area contributed by atoms with E-state index in [4.69, 9.17) is 11.6 Å². The Bertz CT molecular complexity index is 511. The minimum absolute atomic E-state index is 0.0645. The number of halogens is 1. The minimum atomic E-state index is -2.99. The maximum atomic E-state index is 11.8. The molecule has 0 heterocycles. The first kappa shape index (κ1) is 15.0. The molecule has 0 saturated heterocycles. The van der Waals surface area contributed by atoms with Crippen LogP contribution in [-0.2, 0) is 9.84 Å². The molecular formula is C12H16ClNO3S. The van der Waals surface area contributed by atoms with Crippen LogP contribution in [0.3, 0.4) is 0 Å². The lowest BCUT2D eigenvalue weighted by Gasteiger charge is -2.13. The molecule has 1 atom stereocenters. The highest BCUT2D eigenvalue weighted by Gasteiger charge is 2.11. The van der Waals surface area contributed by atoms with E-state index < -0.39 is 9.84 Å².